The molecule has 0 aliphatic carbocycles. The molecule has 0 saturated heterocycles. The van der Waals surface area contributed by atoms with Crippen LogP contribution in [0.2, 0.25) is 0 Å². The number of amides is 2. The van der Waals surface area contributed by atoms with Gasteiger partial charge in [-0.1, -0.05) is 12.1 Å². The van der Waals surface area contributed by atoms with Crippen LogP contribution in [-0.4, -0.2) is 60.9 Å². The van der Waals surface area contributed by atoms with Crippen molar-refractivity contribution in [3.05, 3.63) is 60.2 Å². The number of carbonyl (C=O) groups excluding carboxylic acids is 3. The summed E-state index contributed by atoms with van der Waals surface area (Å²) in [5.74, 6) is -0.216. The Bertz CT molecular complexity index is 1390. The smallest absolute Gasteiger partial charge is 0.308 e. The first kappa shape index (κ1) is 21.7. The molecule has 11 nitrogen and oxygen atoms in total. The number of imidazole rings is 1. The van der Waals surface area contributed by atoms with Crippen molar-refractivity contribution in [2.24, 2.45) is 7.05 Å². The maximum atomic E-state index is 12.9. The molecule has 168 valence electrons. The van der Waals surface area contributed by atoms with Crippen LogP contribution in [0.15, 0.2) is 48.9 Å². The minimum Gasteiger partial charge on any atom is -0.427 e. The SMILES string of the molecule is CC(=O)Oc1cccc(-c2cn3ccc(NC(=O)c4c(C(=O)N(C)C)cnn4C)nc3n2)c1. The van der Waals surface area contributed by atoms with E-state index in [0.717, 1.165) is 5.56 Å². The van der Waals surface area contributed by atoms with Crippen molar-refractivity contribution in [1.82, 2.24) is 29.0 Å². The van der Waals surface area contributed by atoms with Crippen LogP contribution in [0.25, 0.3) is 17.0 Å². The summed E-state index contributed by atoms with van der Waals surface area (Å²) in [4.78, 5) is 46.7. The first-order valence-corrected chi connectivity index (χ1v) is 9.92. The molecule has 0 spiro atoms. The predicted octanol–water partition coefficient (Wildman–Crippen LogP) is 2.01. The molecule has 0 radical (unpaired) electrons. The van der Waals surface area contributed by atoms with Crippen LogP contribution in [0, 0.1) is 0 Å². The van der Waals surface area contributed by atoms with Gasteiger partial charge in [0.05, 0.1) is 17.5 Å². The van der Waals surface area contributed by atoms with Crippen LogP contribution in [0.5, 0.6) is 5.75 Å². The number of benzene rings is 1. The van der Waals surface area contributed by atoms with Gasteiger partial charge in [0.15, 0.2) is 0 Å². The summed E-state index contributed by atoms with van der Waals surface area (Å²) in [6.07, 6.45) is 4.84. The summed E-state index contributed by atoms with van der Waals surface area (Å²) in [7, 11) is 4.79. The highest BCUT2D eigenvalue weighted by atomic mass is 16.5. The first-order chi connectivity index (χ1) is 15.7. The molecule has 0 atom stereocenters. The number of anilines is 1. The van der Waals surface area contributed by atoms with Crippen LogP contribution >= 0.6 is 0 Å². The third-order valence-corrected chi connectivity index (χ3v) is 4.75. The maximum absolute atomic E-state index is 12.9. The van der Waals surface area contributed by atoms with Gasteiger partial charge in [0.2, 0.25) is 5.78 Å². The molecule has 3 heterocycles. The molecule has 11 heteroatoms. The van der Waals surface area contributed by atoms with Gasteiger partial charge in [0.25, 0.3) is 11.8 Å². The summed E-state index contributed by atoms with van der Waals surface area (Å²) in [5.41, 5.74) is 1.68. The topological polar surface area (TPSA) is 124 Å². The van der Waals surface area contributed by atoms with Crippen molar-refractivity contribution < 1.29 is 19.1 Å². The molecular weight excluding hydrogens is 426 g/mol. The van der Waals surface area contributed by atoms with Gasteiger partial charge >= 0.3 is 5.97 Å². The van der Waals surface area contributed by atoms with E-state index >= 15 is 0 Å². The van der Waals surface area contributed by atoms with Crippen molar-refractivity contribution in [1.29, 1.82) is 0 Å². The van der Waals surface area contributed by atoms with E-state index in [1.165, 1.54) is 22.7 Å². The Labute approximate surface area is 188 Å². The molecule has 3 aromatic heterocycles. The largest absolute Gasteiger partial charge is 0.427 e. The summed E-state index contributed by atoms with van der Waals surface area (Å²) < 4.78 is 8.17. The molecule has 0 aliphatic heterocycles. The number of hydrogen-bond acceptors (Lipinski definition) is 7. The fourth-order valence-corrected chi connectivity index (χ4v) is 3.25. The van der Waals surface area contributed by atoms with Crippen LogP contribution in [-0.2, 0) is 11.8 Å². The van der Waals surface area contributed by atoms with Gasteiger partial charge in [-0.05, 0) is 18.2 Å². The monoisotopic (exact) mass is 447 g/mol. The quantitative estimate of drug-likeness (QED) is 0.367. The van der Waals surface area contributed by atoms with Gasteiger partial charge in [-0.15, -0.1) is 0 Å². The van der Waals surface area contributed by atoms with E-state index in [-0.39, 0.29) is 23.0 Å². The number of carbonyl (C=O) groups is 3. The fraction of sp³-hybridized carbons (Fsp3) is 0.182. The Kier molecular flexibility index (Phi) is 5.61. The van der Waals surface area contributed by atoms with Gasteiger partial charge < -0.3 is 15.0 Å². The average Bonchev–Trinajstić information content (AvgIpc) is 3.36. The van der Waals surface area contributed by atoms with E-state index in [9.17, 15) is 14.4 Å². The van der Waals surface area contributed by atoms with Crippen LogP contribution < -0.4 is 10.1 Å². The zero-order valence-electron chi connectivity index (χ0n) is 18.4. The molecule has 0 aliphatic rings. The van der Waals surface area contributed by atoms with E-state index < -0.39 is 11.9 Å². The van der Waals surface area contributed by atoms with E-state index in [0.29, 0.717) is 17.2 Å². The fourth-order valence-electron chi connectivity index (χ4n) is 3.25. The number of rotatable bonds is 5. The predicted molar refractivity (Wildman–Crippen MR) is 119 cm³/mol. The lowest BCUT2D eigenvalue weighted by Gasteiger charge is -2.11. The highest BCUT2D eigenvalue weighted by Gasteiger charge is 2.23. The molecule has 0 bridgehead atoms. The molecule has 0 fully saturated rings. The number of ether oxygens (including phenoxy) is 1. The Morgan fingerprint density at radius 2 is 1.91 bits per heavy atom. The molecule has 0 saturated carbocycles. The first-order valence-electron chi connectivity index (χ1n) is 9.92. The second-order valence-electron chi connectivity index (χ2n) is 7.45. The number of nitrogens with zero attached hydrogens (tertiary/aromatic N) is 6. The summed E-state index contributed by atoms with van der Waals surface area (Å²) in [6.45, 7) is 1.34. The summed E-state index contributed by atoms with van der Waals surface area (Å²) >= 11 is 0. The average molecular weight is 447 g/mol. The zero-order valence-corrected chi connectivity index (χ0v) is 18.4. The van der Waals surface area contributed by atoms with Crippen molar-refractivity contribution in [3.8, 4) is 17.0 Å². The van der Waals surface area contributed by atoms with E-state index in [1.807, 2.05) is 6.07 Å². The van der Waals surface area contributed by atoms with E-state index in [4.69, 9.17) is 4.74 Å². The normalized spacial score (nSPS) is 10.8. The van der Waals surface area contributed by atoms with Gasteiger partial charge in [0, 0.05) is 46.0 Å². The molecule has 1 N–H and O–H groups in total. The molecule has 4 rings (SSSR count). The van der Waals surface area contributed by atoms with Crippen molar-refractivity contribution in [2.45, 2.75) is 6.92 Å². The number of aryl methyl sites for hydroxylation is 1. The highest BCUT2D eigenvalue weighted by molar-refractivity contribution is 6.10. The third-order valence-electron chi connectivity index (χ3n) is 4.75. The van der Waals surface area contributed by atoms with Gasteiger partial charge in [-0.25, -0.2) is 4.98 Å². The molecular formula is C22H21N7O4. The van der Waals surface area contributed by atoms with Crippen LogP contribution in [0.4, 0.5) is 5.82 Å². The summed E-state index contributed by atoms with van der Waals surface area (Å²) in [6, 6.07) is 8.60. The Morgan fingerprint density at radius 3 is 2.64 bits per heavy atom. The Hall–Kier alpha value is -4.54. The molecule has 33 heavy (non-hydrogen) atoms. The Balaban J connectivity index is 1.60. The second-order valence-corrected chi connectivity index (χ2v) is 7.45. The Morgan fingerprint density at radius 1 is 1.12 bits per heavy atom. The maximum Gasteiger partial charge on any atom is 0.308 e. The zero-order chi connectivity index (χ0) is 23.7. The minimum atomic E-state index is -0.516. The van der Waals surface area contributed by atoms with Crippen molar-refractivity contribution in [3.63, 3.8) is 0 Å². The lowest BCUT2D eigenvalue weighted by atomic mass is 10.1. The lowest BCUT2D eigenvalue weighted by Crippen LogP contribution is -2.26. The highest BCUT2D eigenvalue weighted by Crippen LogP contribution is 2.24. The van der Waals surface area contributed by atoms with Gasteiger partial charge in [0.1, 0.15) is 17.3 Å². The second kappa shape index (κ2) is 8.54. The number of aromatic nitrogens is 5. The molecule has 4 aromatic rings. The standard InChI is InChI=1S/C22H21N7O4/c1-13(30)33-15-7-5-6-14(10-15)17-12-29-9-8-18(26-22(29)24-17)25-20(31)19-16(11-23-28(19)4)21(32)27(2)3/h5-12H,1-4H3,(H,24,25,26,31). The molecule has 1 aromatic carbocycles. The third kappa shape index (κ3) is 4.42. The van der Waals surface area contributed by atoms with Crippen LogP contribution in [0.3, 0.4) is 0 Å². The van der Waals surface area contributed by atoms with Gasteiger partial charge in [-0.3, -0.25) is 23.5 Å². The molecule has 2 amide bonds. The van der Waals surface area contributed by atoms with Crippen molar-refractivity contribution >= 4 is 29.4 Å². The summed E-state index contributed by atoms with van der Waals surface area (Å²) in [5, 5.41) is 6.73. The minimum absolute atomic E-state index is 0.127. The van der Waals surface area contributed by atoms with Gasteiger partial charge in [-0.2, -0.15) is 10.1 Å². The lowest BCUT2D eigenvalue weighted by molar-refractivity contribution is -0.131. The number of esters is 1. The number of hydrogen-bond donors (Lipinski definition) is 1. The number of fused-ring (bicyclic) bond motifs is 1. The van der Waals surface area contributed by atoms with E-state index in [1.54, 1.807) is 62.2 Å². The number of nitrogens with one attached hydrogen (secondary N) is 1. The van der Waals surface area contributed by atoms with E-state index in [2.05, 4.69) is 20.4 Å². The molecule has 0 unspecified atom stereocenters. The van der Waals surface area contributed by atoms with Crippen molar-refractivity contribution in [2.75, 3.05) is 19.4 Å². The van der Waals surface area contributed by atoms with Crippen LogP contribution in [0.1, 0.15) is 27.8 Å².